The summed E-state index contributed by atoms with van der Waals surface area (Å²) in [7, 11) is 1.75. The molecule has 0 radical (unpaired) electrons. The summed E-state index contributed by atoms with van der Waals surface area (Å²) in [6.45, 7) is 9.39. The minimum Gasteiger partial charge on any atom is -0.444 e. The first-order chi connectivity index (χ1) is 14.6. The van der Waals surface area contributed by atoms with Gasteiger partial charge in [0.15, 0.2) is 5.96 Å². The van der Waals surface area contributed by atoms with Crippen molar-refractivity contribution in [3.05, 3.63) is 65.7 Å². The van der Waals surface area contributed by atoms with Gasteiger partial charge in [0.05, 0.1) is 12.2 Å². The van der Waals surface area contributed by atoms with Crippen molar-refractivity contribution < 1.29 is 4.42 Å². The molecule has 2 heterocycles. The normalized spacial score (nSPS) is 11.0. The molecule has 0 bridgehead atoms. The maximum Gasteiger partial charge on any atom is 0.226 e. The van der Waals surface area contributed by atoms with Crippen molar-refractivity contribution in [2.24, 2.45) is 4.99 Å². The van der Waals surface area contributed by atoms with Crippen LogP contribution in [0.15, 0.2) is 58.3 Å². The number of nitrogens with zero attached hydrogens (tertiary/aromatic N) is 4. The maximum absolute atomic E-state index is 5.61. The molecule has 0 saturated heterocycles. The number of benzene rings is 1. The zero-order chi connectivity index (χ0) is 21.3. The molecular formula is C23H31IN6O. The van der Waals surface area contributed by atoms with E-state index in [-0.39, 0.29) is 24.0 Å². The molecule has 0 fully saturated rings. The second kappa shape index (κ2) is 12.3. The lowest BCUT2D eigenvalue weighted by molar-refractivity contribution is 0.572. The zero-order valence-electron chi connectivity index (χ0n) is 18.6. The molecule has 166 valence electrons. The first-order valence-corrected chi connectivity index (χ1v) is 10.3. The van der Waals surface area contributed by atoms with Gasteiger partial charge in [-0.05, 0) is 44.5 Å². The van der Waals surface area contributed by atoms with E-state index in [2.05, 4.69) is 63.4 Å². The molecule has 7 nitrogen and oxygen atoms in total. The van der Waals surface area contributed by atoms with Gasteiger partial charge in [-0.3, -0.25) is 4.99 Å². The van der Waals surface area contributed by atoms with E-state index in [0.717, 1.165) is 35.7 Å². The summed E-state index contributed by atoms with van der Waals surface area (Å²) in [5.74, 6) is 2.32. The third-order valence-electron chi connectivity index (χ3n) is 4.87. The second-order valence-corrected chi connectivity index (χ2v) is 6.99. The number of aryl methyl sites for hydroxylation is 1. The van der Waals surface area contributed by atoms with E-state index in [1.54, 1.807) is 13.3 Å². The molecule has 0 amide bonds. The molecule has 0 atom stereocenters. The van der Waals surface area contributed by atoms with E-state index in [1.807, 2.05) is 30.5 Å². The third-order valence-corrected chi connectivity index (χ3v) is 4.87. The van der Waals surface area contributed by atoms with Gasteiger partial charge in [0.25, 0.3) is 0 Å². The molecule has 0 saturated carbocycles. The molecule has 31 heavy (non-hydrogen) atoms. The lowest BCUT2D eigenvalue weighted by Crippen LogP contribution is -2.36. The molecule has 0 aliphatic carbocycles. The summed E-state index contributed by atoms with van der Waals surface area (Å²) in [6, 6.07) is 12.3. The Balaban J connectivity index is 0.00000341. The number of aliphatic imine (C=N–C) groups is 1. The number of hydrogen-bond acceptors (Lipinski definition) is 5. The van der Waals surface area contributed by atoms with Crippen LogP contribution >= 0.6 is 24.0 Å². The average Bonchev–Trinajstić information content (AvgIpc) is 3.25. The Morgan fingerprint density at radius 1 is 1.03 bits per heavy atom. The van der Waals surface area contributed by atoms with Gasteiger partial charge in [-0.1, -0.05) is 23.8 Å². The van der Waals surface area contributed by atoms with E-state index in [0.29, 0.717) is 24.9 Å². The van der Waals surface area contributed by atoms with Crippen LogP contribution in [0, 0.1) is 6.92 Å². The monoisotopic (exact) mass is 534 g/mol. The highest BCUT2D eigenvalue weighted by Crippen LogP contribution is 2.19. The number of guanidine groups is 1. The Kier molecular flexibility index (Phi) is 9.77. The lowest BCUT2D eigenvalue weighted by Gasteiger charge is -2.19. The fraction of sp³-hybridized carbons (Fsp3) is 0.348. The van der Waals surface area contributed by atoms with Crippen LogP contribution in [0.3, 0.4) is 0 Å². The van der Waals surface area contributed by atoms with Crippen molar-refractivity contribution in [3.63, 3.8) is 0 Å². The molecule has 2 N–H and O–H groups in total. The Bertz CT molecular complexity index is 949. The maximum atomic E-state index is 5.61. The molecule has 1 aromatic carbocycles. The van der Waals surface area contributed by atoms with Crippen molar-refractivity contribution in [2.75, 3.05) is 25.0 Å². The Labute approximate surface area is 201 Å². The number of rotatable bonds is 8. The molecule has 8 heteroatoms. The number of pyridine rings is 1. The predicted molar refractivity (Wildman–Crippen MR) is 137 cm³/mol. The van der Waals surface area contributed by atoms with Crippen molar-refractivity contribution >= 4 is 35.8 Å². The van der Waals surface area contributed by atoms with Gasteiger partial charge >= 0.3 is 0 Å². The largest absolute Gasteiger partial charge is 0.444 e. The summed E-state index contributed by atoms with van der Waals surface area (Å²) in [5, 5.41) is 6.57. The van der Waals surface area contributed by atoms with Crippen molar-refractivity contribution in [1.82, 2.24) is 20.6 Å². The molecule has 0 aliphatic heterocycles. The second-order valence-electron chi connectivity index (χ2n) is 6.99. The quantitative estimate of drug-likeness (QED) is 0.254. The van der Waals surface area contributed by atoms with Crippen LogP contribution in [0.5, 0.6) is 0 Å². The minimum atomic E-state index is 0. The highest BCUT2D eigenvalue weighted by Gasteiger charge is 2.08. The van der Waals surface area contributed by atoms with Gasteiger partial charge in [-0.2, -0.15) is 0 Å². The topological polar surface area (TPSA) is 78.6 Å². The van der Waals surface area contributed by atoms with Gasteiger partial charge in [-0.25, -0.2) is 9.97 Å². The van der Waals surface area contributed by atoms with Crippen LogP contribution in [-0.2, 0) is 13.1 Å². The predicted octanol–water partition coefficient (Wildman–Crippen LogP) is 4.37. The highest BCUT2D eigenvalue weighted by molar-refractivity contribution is 14.0. The van der Waals surface area contributed by atoms with Crippen LogP contribution in [0.1, 0.15) is 30.7 Å². The van der Waals surface area contributed by atoms with E-state index in [9.17, 15) is 0 Å². The third kappa shape index (κ3) is 6.95. The Hall–Kier alpha value is -2.62. The zero-order valence-corrected chi connectivity index (χ0v) is 20.9. The lowest BCUT2D eigenvalue weighted by atomic mass is 10.1. The summed E-state index contributed by atoms with van der Waals surface area (Å²) in [6.07, 6.45) is 3.57. The first-order valence-electron chi connectivity index (χ1n) is 10.3. The van der Waals surface area contributed by atoms with E-state index in [4.69, 9.17) is 4.42 Å². The molecule has 0 spiro atoms. The fourth-order valence-corrected chi connectivity index (χ4v) is 3.05. The van der Waals surface area contributed by atoms with Crippen LogP contribution in [0.2, 0.25) is 0 Å². The first kappa shape index (κ1) is 24.6. The number of aromatic nitrogens is 2. The van der Waals surface area contributed by atoms with E-state index < -0.39 is 0 Å². The van der Waals surface area contributed by atoms with Crippen molar-refractivity contribution in [1.29, 1.82) is 0 Å². The number of oxazole rings is 1. The smallest absolute Gasteiger partial charge is 0.226 e. The molecule has 0 aliphatic rings. The SMILES string of the molecule is CCN(CC)c1ccc(CNC(=NC)NCc2coc(-c3ccc(C)cc3)n2)cn1.I. The van der Waals surface area contributed by atoms with Gasteiger partial charge in [0.1, 0.15) is 12.1 Å². The van der Waals surface area contributed by atoms with Gasteiger partial charge in [0, 0.05) is 38.4 Å². The molecule has 2 aromatic heterocycles. The van der Waals surface area contributed by atoms with Gasteiger partial charge in [-0.15, -0.1) is 24.0 Å². The van der Waals surface area contributed by atoms with E-state index >= 15 is 0 Å². The summed E-state index contributed by atoms with van der Waals surface area (Å²) in [4.78, 5) is 15.6. The standard InChI is InChI=1S/C23H30N6O.HI/c1-5-29(6-2)21-12-9-18(13-25-21)14-26-23(24-4)27-15-20-16-30-22(28-20)19-10-7-17(3)8-11-19;/h7-13,16H,5-6,14-15H2,1-4H3,(H2,24,26,27);1H. The van der Waals surface area contributed by atoms with Gasteiger partial charge in [0.2, 0.25) is 5.89 Å². The summed E-state index contributed by atoms with van der Waals surface area (Å²) >= 11 is 0. The van der Waals surface area contributed by atoms with Crippen LogP contribution in [0.4, 0.5) is 5.82 Å². The molecule has 3 rings (SSSR count). The molecular weight excluding hydrogens is 503 g/mol. The van der Waals surface area contributed by atoms with E-state index in [1.165, 1.54) is 5.56 Å². The summed E-state index contributed by atoms with van der Waals surface area (Å²) < 4.78 is 5.61. The average molecular weight is 534 g/mol. The minimum absolute atomic E-state index is 0. The Morgan fingerprint density at radius 2 is 1.74 bits per heavy atom. The molecule has 3 aromatic rings. The van der Waals surface area contributed by atoms with Crippen molar-refractivity contribution in [2.45, 2.75) is 33.9 Å². The Morgan fingerprint density at radius 3 is 2.35 bits per heavy atom. The van der Waals surface area contributed by atoms with Crippen LogP contribution < -0.4 is 15.5 Å². The number of halogens is 1. The van der Waals surface area contributed by atoms with Crippen LogP contribution in [-0.4, -0.2) is 36.1 Å². The number of anilines is 1. The van der Waals surface area contributed by atoms with Gasteiger partial charge < -0.3 is 20.0 Å². The summed E-state index contributed by atoms with van der Waals surface area (Å²) in [5.41, 5.74) is 4.09. The fourth-order valence-electron chi connectivity index (χ4n) is 3.05. The number of hydrogen-bond donors (Lipinski definition) is 2. The van der Waals surface area contributed by atoms with Crippen LogP contribution in [0.25, 0.3) is 11.5 Å². The molecule has 0 unspecified atom stereocenters. The van der Waals surface area contributed by atoms with Crippen molar-refractivity contribution in [3.8, 4) is 11.5 Å². The number of nitrogens with one attached hydrogen (secondary N) is 2. The highest BCUT2D eigenvalue weighted by atomic mass is 127.